The minimum absolute atomic E-state index is 0.0511. The van der Waals surface area contributed by atoms with Gasteiger partial charge >= 0.3 is 27.6 Å². The number of hydrogen-bond donors (Lipinski definition) is 5. The molecule has 0 saturated heterocycles. The van der Waals surface area contributed by atoms with Gasteiger partial charge in [-0.15, -0.1) is 0 Å². The Balaban J connectivity index is 4.67. The van der Waals surface area contributed by atoms with Gasteiger partial charge in [0.25, 0.3) is 0 Å². The summed E-state index contributed by atoms with van der Waals surface area (Å²) in [7, 11) is -9.72. The molecule has 0 aliphatic carbocycles. The summed E-state index contributed by atoms with van der Waals surface area (Å²) < 4.78 is 47.7. The number of allylic oxidation sites excluding steroid dienone is 13. The lowest BCUT2D eigenvalue weighted by Gasteiger charge is -2.20. The van der Waals surface area contributed by atoms with Crippen molar-refractivity contribution in [1.82, 2.24) is 0 Å². The van der Waals surface area contributed by atoms with E-state index in [1.165, 1.54) is 0 Å². The lowest BCUT2D eigenvalue weighted by Crippen LogP contribution is -2.30. The fourth-order valence-corrected chi connectivity index (χ4v) is 6.32. The summed E-state index contributed by atoms with van der Waals surface area (Å²) in [5.41, 5.74) is 0. The van der Waals surface area contributed by atoms with E-state index in [2.05, 4.69) is 83.7 Å². The summed E-state index contributed by atoms with van der Waals surface area (Å²) in [6.45, 7) is 1.36. The molecule has 60 heavy (non-hydrogen) atoms. The zero-order valence-electron chi connectivity index (χ0n) is 35.9. The van der Waals surface area contributed by atoms with E-state index < -0.39 is 72.3 Å². The zero-order chi connectivity index (χ0) is 44.6. The summed E-state index contributed by atoms with van der Waals surface area (Å²) in [4.78, 5) is 52.7. The van der Waals surface area contributed by atoms with Crippen LogP contribution in [0.25, 0.3) is 0 Å². The van der Waals surface area contributed by atoms with Crippen molar-refractivity contribution in [2.24, 2.45) is 0 Å². The standard InChI is InChI=1S/C44H74O14P2/c1-3-5-7-9-11-12-13-14-15-16-17-18-19-20-22-26-30-34-43(47)54-38-42(39-57-60(52,53)56-37-41(46)36-55-59(49,50)51)58-44(48)35-31-27-23-25-29-33-40(45)32-28-24-21-10-8-6-4-2/h5-8,11-12,14-15,17-18,21,24,28,32,40-42,45-46H,3-4,9-10,13,16,19-20,22-23,25-27,29-31,33-39H2,1-2H3,(H,52,53)(H2,49,50,51)/b7-5-,8-6+,12-11-,15-14-,18-17-,24-21+,32-28+/t40?,41-,42+/m0/s1. The van der Waals surface area contributed by atoms with Gasteiger partial charge in [-0.25, -0.2) is 9.13 Å². The van der Waals surface area contributed by atoms with Crippen molar-refractivity contribution in [3.05, 3.63) is 85.1 Å². The molecule has 14 nitrogen and oxygen atoms in total. The number of unbranched alkanes of at least 4 members (excludes halogenated alkanes) is 8. The van der Waals surface area contributed by atoms with Crippen molar-refractivity contribution < 1.29 is 66.7 Å². The van der Waals surface area contributed by atoms with Gasteiger partial charge < -0.3 is 34.4 Å². The van der Waals surface area contributed by atoms with E-state index >= 15 is 0 Å². The molecule has 0 aromatic rings. The second kappa shape index (κ2) is 39.1. The minimum Gasteiger partial charge on any atom is -0.462 e. The highest BCUT2D eigenvalue weighted by molar-refractivity contribution is 7.47. The van der Waals surface area contributed by atoms with E-state index in [0.717, 1.165) is 89.9 Å². The summed E-state index contributed by atoms with van der Waals surface area (Å²) in [5.74, 6) is -1.14. The first kappa shape index (κ1) is 57.3. The predicted molar refractivity (Wildman–Crippen MR) is 236 cm³/mol. The molecule has 0 spiro atoms. The molecule has 0 bridgehead atoms. The number of phosphoric acid groups is 2. The Morgan fingerprint density at radius 1 is 0.550 bits per heavy atom. The molecule has 0 aliphatic rings. The van der Waals surface area contributed by atoms with Crippen LogP contribution in [0, 0.1) is 0 Å². The van der Waals surface area contributed by atoms with Crippen molar-refractivity contribution in [3.63, 3.8) is 0 Å². The molecule has 0 aromatic carbocycles. The largest absolute Gasteiger partial charge is 0.472 e. The molecule has 344 valence electrons. The SMILES string of the molecule is CC/C=C\C/C=C\C/C=C\C/C=C\CCCCCCC(=O)OC[C@H](COP(=O)(O)OC[C@@H](O)COP(=O)(O)O)OC(=O)CCCCCCCC(O)/C=C/C=C/C/C=C/CC. The molecule has 0 rings (SSSR count). The normalized spacial score (nSPS) is 15.4. The van der Waals surface area contributed by atoms with Crippen LogP contribution in [0.4, 0.5) is 0 Å². The Morgan fingerprint density at radius 3 is 1.67 bits per heavy atom. The zero-order valence-corrected chi connectivity index (χ0v) is 37.7. The van der Waals surface area contributed by atoms with E-state index in [1.54, 1.807) is 6.08 Å². The van der Waals surface area contributed by atoms with Crippen LogP contribution >= 0.6 is 15.6 Å². The molecule has 0 amide bonds. The van der Waals surface area contributed by atoms with Gasteiger partial charge in [0.05, 0.1) is 25.9 Å². The van der Waals surface area contributed by atoms with Gasteiger partial charge in [0.2, 0.25) is 0 Å². The third-order valence-corrected chi connectivity index (χ3v) is 9.81. The molecule has 4 atom stereocenters. The van der Waals surface area contributed by atoms with Crippen LogP contribution in [-0.2, 0) is 41.8 Å². The van der Waals surface area contributed by atoms with E-state index in [0.29, 0.717) is 19.3 Å². The molecule has 0 heterocycles. The van der Waals surface area contributed by atoms with Crippen LogP contribution in [-0.4, -0.2) is 81.6 Å². The quantitative estimate of drug-likeness (QED) is 0.0128. The van der Waals surface area contributed by atoms with Crippen LogP contribution in [0.1, 0.15) is 136 Å². The maximum absolute atomic E-state index is 12.7. The van der Waals surface area contributed by atoms with Crippen molar-refractivity contribution in [2.45, 2.75) is 154 Å². The monoisotopic (exact) mass is 888 g/mol. The van der Waals surface area contributed by atoms with E-state index in [9.17, 15) is 33.8 Å². The van der Waals surface area contributed by atoms with Gasteiger partial charge in [-0.3, -0.25) is 23.2 Å². The third-order valence-electron chi connectivity index (χ3n) is 8.37. The van der Waals surface area contributed by atoms with Gasteiger partial charge in [0, 0.05) is 12.8 Å². The number of carbonyl (C=O) groups excluding carboxylic acids is 2. The van der Waals surface area contributed by atoms with Crippen LogP contribution in [0.2, 0.25) is 0 Å². The van der Waals surface area contributed by atoms with Crippen LogP contribution in [0.5, 0.6) is 0 Å². The average molecular weight is 889 g/mol. The van der Waals surface area contributed by atoms with E-state index in [1.807, 2.05) is 18.2 Å². The van der Waals surface area contributed by atoms with Crippen molar-refractivity contribution in [2.75, 3.05) is 26.4 Å². The molecule has 16 heteroatoms. The molecule has 2 unspecified atom stereocenters. The van der Waals surface area contributed by atoms with Gasteiger partial charge in [-0.1, -0.05) is 137 Å². The number of carbonyl (C=O) groups is 2. The highest BCUT2D eigenvalue weighted by Crippen LogP contribution is 2.43. The second-order valence-electron chi connectivity index (χ2n) is 14.1. The average Bonchev–Trinajstić information content (AvgIpc) is 3.20. The Hall–Kier alpha value is -2.74. The lowest BCUT2D eigenvalue weighted by molar-refractivity contribution is -0.161. The Morgan fingerprint density at radius 2 is 1.05 bits per heavy atom. The number of phosphoric ester groups is 2. The number of hydrogen-bond acceptors (Lipinski definition) is 11. The first-order valence-electron chi connectivity index (χ1n) is 21.4. The summed E-state index contributed by atoms with van der Waals surface area (Å²) in [5, 5.41) is 19.9. The first-order chi connectivity index (χ1) is 28.8. The summed E-state index contributed by atoms with van der Waals surface area (Å²) >= 11 is 0. The molecule has 0 saturated carbocycles. The topological polar surface area (TPSA) is 216 Å². The first-order valence-corrected chi connectivity index (χ1v) is 24.4. The van der Waals surface area contributed by atoms with Crippen molar-refractivity contribution in [1.29, 1.82) is 0 Å². The maximum Gasteiger partial charge on any atom is 0.472 e. The van der Waals surface area contributed by atoms with Crippen LogP contribution in [0.3, 0.4) is 0 Å². The molecule has 0 aromatic heterocycles. The smallest absolute Gasteiger partial charge is 0.462 e. The second-order valence-corrected chi connectivity index (χ2v) is 16.7. The Bertz CT molecular complexity index is 1400. The van der Waals surface area contributed by atoms with E-state index in [-0.39, 0.29) is 12.8 Å². The van der Waals surface area contributed by atoms with Crippen molar-refractivity contribution >= 4 is 27.6 Å². The Labute approximate surface area is 359 Å². The number of esters is 2. The van der Waals surface area contributed by atoms with Gasteiger partial charge in [0.15, 0.2) is 6.10 Å². The van der Waals surface area contributed by atoms with Crippen molar-refractivity contribution in [3.8, 4) is 0 Å². The van der Waals surface area contributed by atoms with E-state index in [4.69, 9.17) is 23.8 Å². The lowest BCUT2D eigenvalue weighted by atomic mass is 10.1. The summed E-state index contributed by atoms with van der Waals surface area (Å²) in [6, 6.07) is 0. The number of rotatable bonds is 39. The number of aliphatic hydroxyl groups excluding tert-OH is 2. The highest BCUT2D eigenvalue weighted by Gasteiger charge is 2.28. The number of aliphatic hydroxyl groups is 2. The molecular weight excluding hydrogens is 814 g/mol. The third kappa shape index (κ3) is 42.0. The van der Waals surface area contributed by atoms with Gasteiger partial charge in [0.1, 0.15) is 12.7 Å². The molecule has 0 aliphatic heterocycles. The fraction of sp³-hybridized carbons (Fsp3) is 0.636. The van der Waals surface area contributed by atoms with Crippen LogP contribution in [0.15, 0.2) is 85.1 Å². The predicted octanol–water partition coefficient (Wildman–Crippen LogP) is 9.75. The molecule has 0 fully saturated rings. The highest BCUT2D eigenvalue weighted by atomic mass is 31.2. The Kier molecular flexibility index (Phi) is 37.3. The summed E-state index contributed by atoms with van der Waals surface area (Å²) in [6.07, 6.45) is 40.2. The van der Waals surface area contributed by atoms with Gasteiger partial charge in [-0.2, -0.15) is 0 Å². The maximum atomic E-state index is 12.7. The molecule has 5 N–H and O–H groups in total. The fourth-order valence-electron chi connectivity index (χ4n) is 5.17. The molecule has 0 radical (unpaired) electrons. The van der Waals surface area contributed by atoms with Gasteiger partial charge in [-0.05, 0) is 70.6 Å². The number of ether oxygens (including phenoxy) is 2. The minimum atomic E-state index is -4.88. The van der Waals surface area contributed by atoms with Crippen LogP contribution < -0.4 is 0 Å². The molecular formula is C44H74O14P2.